The SMILES string of the molecule is Cc1c(Br)c(C2(CN)CC2)nn1C. The first kappa shape index (κ1) is 9.21. The van der Waals surface area contributed by atoms with Gasteiger partial charge in [0.05, 0.1) is 10.2 Å². The van der Waals surface area contributed by atoms with Crippen LogP contribution in [-0.2, 0) is 12.5 Å². The molecule has 1 heterocycles. The van der Waals surface area contributed by atoms with Crippen LogP contribution in [0.25, 0.3) is 0 Å². The van der Waals surface area contributed by atoms with Gasteiger partial charge in [-0.15, -0.1) is 0 Å². The molecule has 0 saturated heterocycles. The largest absolute Gasteiger partial charge is 0.330 e. The second kappa shape index (κ2) is 2.82. The molecular weight excluding hydrogens is 230 g/mol. The van der Waals surface area contributed by atoms with Gasteiger partial charge in [-0.2, -0.15) is 5.10 Å². The van der Waals surface area contributed by atoms with E-state index in [1.54, 1.807) is 0 Å². The van der Waals surface area contributed by atoms with Crippen molar-refractivity contribution < 1.29 is 0 Å². The summed E-state index contributed by atoms with van der Waals surface area (Å²) in [4.78, 5) is 0. The maximum atomic E-state index is 5.76. The van der Waals surface area contributed by atoms with Crippen LogP contribution in [0.15, 0.2) is 4.47 Å². The monoisotopic (exact) mass is 243 g/mol. The van der Waals surface area contributed by atoms with Gasteiger partial charge >= 0.3 is 0 Å². The van der Waals surface area contributed by atoms with E-state index in [1.165, 1.54) is 18.5 Å². The molecule has 1 saturated carbocycles. The van der Waals surface area contributed by atoms with E-state index < -0.39 is 0 Å². The molecule has 0 bridgehead atoms. The molecule has 13 heavy (non-hydrogen) atoms. The van der Waals surface area contributed by atoms with Gasteiger partial charge in [-0.05, 0) is 35.7 Å². The fraction of sp³-hybridized carbons (Fsp3) is 0.667. The molecule has 4 heteroatoms. The summed E-state index contributed by atoms with van der Waals surface area (Å²) in [7, 11) is 1.97. The van der Waals surface area contributed by atoms with Crippen LogP contribution in [0.2, 0.25) is 0 Å². The molecule has 0 unspecified atom stereocenters. The molecule has 1 aliphatic rings. The van der Waals surface area contributed by atoms with E-state index in [0.717, 1.165) is 10.2 Å². The highest BCUT2D eigenvalue weighted by Gasteiger charge is 2.46. The number of aromatic nitrogens is 2. The number of hydrogen-bond donors (Lipinski definition) is 1. The second-order valence-electron chi connectivity index (χ2n) is 3.86. The van der Waals surface area contributed by atoms with Crippen molar-refractivity contribution in [3.8, 4) is 0 Å². The zero-order valence-electron chi connectivity index (χ0n) is 7.97. The van der Waals surface area contributed by atoms with Gasteiger partial charge in [0.15, 0.2) is 0 Å². The molecule has 1 aromatic rings. The lowest BCUT2D eigenvalue weighted by Crippen LogP contribution is -2.20. The lowest BCUT2D eigenvalue weighted by Gasteiger charge is -2.08. The van der Waals surface area contributed by atoms with Gasteiger partial charge < -0.3 is 5.73 Å². The van der Waals surface area contributed by atoms with Gasteiger partial charge in [0.1, 0.15) is 0 Å². The summed E-state index contributed by atoms with van der Waals surface area (Å²) in [5.41, 5.74) is 8.27. The normalized spacial score (nSPS) is 19.1. The summed E-state index contributed by atoms with van der Waals surface area (Å²) in [6.07, 6.45) is 2.36. The topological polar surface area (TPSA) is 43.8 Å². The zero-order valence-corrected chi connectivity index (χ0v) is 9.56. The van der Waals surface area contributed by atoms with Gasteiger partial charge in [0.2, 0.25) is 0 Å². The lowest BCUT2D eigenvalue weighted by molar-refractivity contribution is 0.637. The summed E-state index contributed by atoms with van der Waals surface area (Å²) in [5.74, 6) is 0. The molecule has 0 radical (unpaired) electrons. The summed E-state index contributed by atoms with van der Waals surface area (Å²) in [6, 6.07) is 0. The van der Waals surface area contributed by atoms with Crippen LogP contribution in [0.3, 0.4) is 0 Å². The number of hydrogen-bond acceptors (Lipinski definition) is 2. The van der Waals surface area contributed by atoms with E-state index in [2.05, 4.69) is 28.0 Å². The quantitative estimate of drug-likeness (QED) is 0.856. The number of nitrogens with two attached hydrogens (primary N) is 1. The Hall–Kier alpha value is -0.350. The fourth-order valence-electron chi connectivity index (χ4n) is 1.61. The Morgan fingerprint density at radius 2 is 2.23 bits per heavy atom. The Kier molecular flexibility index (Phi) is 2.00. The Morgan fingerprint density at radius 3 is 2.54 bits per heavy atom. The predicted octanol–water partition coefficient (Wildman–Crippen LogP) is 1.48. The van der Waals surface area contributed by atoms with Crippen LogP contribution in [0.1, 0.15) is 24.2 Å². The van der Waals surface area contributed by atoms with Gasteiger partial charge in [0.25, 0.3) is 0 Å². The minimum absolute atomic E-state index is 0.185. The third-order valence-electron chi connectivity index (χ3n) is 3.01. The molecule has 0 aromatic carbocycles. The van der Waals surface area contributed by atoms with Crippen molar-refractivity contribution in [3.63, 3.8) is 0 Å². The average Bonchev–Trinajstić information content (AvgIpc) is 2.87. The van der Waals surface area contributed by atoms with Crippen LogP contribution < -0.4 is 5.73 Å². The van der Waals surface area contributed by atoms with E-state index >= 15 is 0 Å². The number of aryl methyl sites for hydroxylation is 1. The van der Waals surface area contributed by atoms with Crippen LogP contribution in [-0.4, -0.2) is 16.3 Å². The van der Waals surface area contributed by atoms with Crippen molar-refractivity contribution in [3.05, 3.63) is 15.9 Å². The first-order valence-corrected chi connectivity index (χ1v) is 5.30. The molecule has 0 aliphatic heterocycles. The maximum absolute atomic E-state index is 5.76. The predicted molar refractivity (Wildman–Crippen MR) is 55.6 cm³/mol. The van der Waals surface area contributed by atoms with Crippen LogP contribution in [0, 0.1) is 6.92 Å². The van der Waals surface area contributed by atoms with Crippen molar-refractivity contribution in [2.24, 2.45) is 12.8 Å². The van der Waals surface area contributed by atoms with E-state index in [0.29, 0.717) is 6.54 Å². The lowest BCUT2D eigenvalue weighted by atomic mass is 10.0. The van der Waals surface area contributed by atoms with Crippen molar-refractivity contribution >= 4 is 15.9 Å². The molecule has 2 rings (SSSR count). The van der Waals surface area contributed by atoms with Crippen molar-refractivity contribution in [2.45, 2.75) is 25.2 Å². The Bertz CT molecular complexity index is 339. The Morgan fingerprint density at radius 1 is 1.62 bits per heavy atom. The summed E-state index contributed by atoms with van der Waals surface area (Å²) in [6.45, 7) is 2.77. The summed E-state index contributed by atoms with van der Waals surface area (Å²) < 4.78 is 3.05. The molecule has 0 amide bonds. The van der Waals surface area contributed by atoms with E-state index in [1.807, 2.05) is 11.7 Å². The zero-order chi connectivity index (χ0) is 9.64. The first-order valence-electron chi connectivity index (χ1n) is 4.50. The smallest absolute Gasteiger partial charge is 0.0843 e. The molecular formula is C9H14BrN3. The van der Waals surface area contributed by atoms with Crippen molar-refractivity contribution in [2.75, 3.05) is 6.54 Å². The van der Waals surface area contributed by atoms with E-state index in [9.17, 15) is 0 Å². The van der Waals surface area contributed by atoms with Crippen molar-refractivity contribution in [1.82, 2.24) is 9.78 Å². The minimum Gasteiger partial charge on any atom is -0.330 e. The number of rotatable bonds is 2. The molecule has 2 N–H and O–H groups in total. The highest BCUT2D eigenvalue weighted by molar-refractivity contribution is 9.10. The standard InChI is InChI=1S/C9H14BrN3/c1-6-7(10)8(12-13(6)2)9(5-11)3-4-9/h3-5,11H2,1-2H3. The highest BCUT2D eigenvalue weighted by atomic mass is 79.9. The molecule has 1 aliphatic carbocycles. The molecule has 1 fully saturated rings. The molecule has 0 spiro atoms. The Balaban J connectivity index is 2.46. The first-order chi connectivity index (χ1) is 6.10. The van der Waals surface area contributed by atoms with Gasteiger partial charge in [-0.25, -0.2) is 0 Å². The van der Waals surface area contributed by atoms with E-state index in [4.69, 9.17) is 5.73 Å². The summed E-state index contributed by atoms with van der Waals surface area (Å²) in [5, 5.41) is 4.50. The molecule has 0 atom stereocenters. The van der Waals surface area contributed by atoms with Gasteiger partial charge in [-0.3, -0.25) is 4.68 Å². The molecule has 72 valence electrons. The van der Waals surface area contributed by atoms with Crippen LogP contribution in [0.4, 0.5) is 0 Å². The summed E-state index contributed by atoms with van der Waals surface area (Å²) >= 11 is 3.58. The van der Waals surface area contributed by atoms with Crippen molar-refractivity contribution in [1.29, 1.82) is 0 Å². The number of nitrogens with zero attached hydrogens (tertiary/aromatic N) is 2. The van der Waals surface area contributed by atoms with E-state index in [-0.39, 0.29) is 5.41 Å². The van der Waals surface area contributed by atoms with Crippen LogP contribution in [0.5, 0.6) is 0 Å². The van der Waals surface area contributed by atoms with Gasteiger partial charge in [0, 0.05) is 24.7 Å². The third kappa shape index (κ3) is 1.23. The van der Waals surface area contributed by atoms with Crippen LogP contribution >= 0.6 is 15.9 Å². The maximum Gasteiger partial charge on any atom is 0.0843 e. The average molecular weight is 244 g/mol. The van der Waals surface area contributed by atoms with Gasteiger partial charge in [-0.1, -0.05) is 0 Å². The number of halogens is 1. The Labute approximate surface area is 86.4 Å². The minimum atomic E-state index is 0.185. The highest BCUT2D eigenvalue weighted by Crippen LogP contribution is 2.49. The molecule has 3 nitrogen and oxygen atoms in total. The second-order valence-corrected chi connectivity index (χ2v) is 4.65. The fourth-order valence-corrected chi connectivity index (χ4v) is 2.37. The molecule has 1 aromatic heterocycles. The third-order valence-corrected chi connectivity index (χ3v) is 3.96.